The van der Waals surface area contributed by atoms with Crippen molar-refractivity contribution in [2.45, 2.75) is 74.1 Å². The summed E-state index contributed by atoms with van der Waals surface area (Å²) < 4.78 is 70.5. The maximum atomic E-state index is 14.1. The number of halogens is 3. The van der Waals surface area contributed by atoms with Crippen molar-refractivity contribution in [2.75, 3.05) is 57.8 Å². The zero-order valence-electron chi connectivity index (χ0n) is 28.1. The molecule has 1 aromatic carbocycles. The summed E-state index contributed by atoms with van der Waals surface area (Å²) >= 11 is 1.10. The number of aliphatic hydroxyl groups excluding tert-OH is 2. The normalized spacial score (nSPS) is 21.6. The molecule has 0 amide bonds. The number of pyridine rings is 1. The van der Waals surface area contributed by atoms with E-state index in [0.717, 1.165) is 49.2 Å². The average Bonchev–Trinajstić information content (AvgIpc) is 3.43. The zero-order chi connectivity index (χ0) is 35.7. The van der Waals surface area contributed by atoms with Gasteiger partial charge in [0.05, 0.1) is 42.0 Å². The van der Waals surface area contributed by atoms with E-state index in [0.29, 0.717) is 80.3 Å². The monoisotopic (exact) mass is 738 g/mol. The molecule has 11 nitrogen and oxygen atoms in total. The Kier molecular flexibility index (Phi) is 11.3. The molecule has 3 N–H and O–H groups in total. The van der Waals surface area contributed by atoms with Crippen molar-refractivity contribution in [1.29, 1.82) is 0 Å². The highest BCUT2D eigenvalue weighted by atomic mass is 32.2. The zero-order valence-corrected chi connectivity index (χ0v) is 29.7. The maximum absolute atomic E-state index is 14.1. The summed E-state index contributed by atoms with van der Waals surface area (Å²) in [6.45, 7) is 3.64. The molecule has 3 aliphatic rings. The second-order valence-corrected chi connectivity index (χ2v) is 16.8. The summed E-state index contributed by atoms with van der Waals surface area (Å²) in [6.07, 6.45) is -0.203. The number of hydrogen-bond donors (Lipinski definition) is 3. The Morgan fingerprint density at radius 3 is 2.54 bits per heavy atom. The fourth-order valence-electron chi connectivity index (χ4n) is 7.23. The van der Waals surface area contributed by atoms with Crippen LogP contribution in [0.1, 0.15) is 48.2 Å². The number of sulfonamides is 1. The van der Waals surface area contributed by atoms with E-state index in [1.54, 1.807) is 16.9 Å². The highest BCUT2D eigenvalue weighted by Crippen LogP contribution is 2.40. The Balaban J connectivity index is 1.22. The van der Waals surface area contributed by atoms with E-state index in [9.17, 15) is 36.9 Å². The van der Waals surface area contributed by atoms with Crippen LogP contribution in [0.3, 0.4) is 0 Å². The van der Waals surface area contributed by atoms with E-state index in [1.165, 1.54) is 16.4 Å². The Morgan fingerprint density at radius 1 is 1.08 bits per heavy atom. The van der Waals surface area contributed by atoms with Crippen molar-refractivity contribution >= 4 is 21.8 Å². The largest absolute Gasteiger partial charge is 0.417 e. The Morgan fingerprint density at radius 2 is 1.86 bits per heavy atom. The highest BCUT2D eigenvalue weighted by Gasteiger charge is 2.37. The molecular weight excluding hydrogens is 694 g/mol. The molecule has 2 atom stereocenters. The van der Waals surface area contributed by atoms with Gasteiger partial charge >= 0.3 is 6.18 Å². The number of piperidine rings is 2. The Hall–Kier alpha value is -2.57. The number of β-amino-alcohol motifs (C(OH)–C–C–N with tert-alkyl or cyclic N) is 2. The molecule has 2 fully saturated rings. The predicted molar refractivity (Wildman–Crippen MR) is 184 cm³/mol. The lowest BCUT2D eigenvalue weighted by atomic mass is 9.87. The van der Waals surface area contributed by atoms with Crippen LogP contribution in [0, 0.1) is 0 Å². The Bertz CT molecular complexity index is 1730. The van der Waals surface area contributed by atoms with Gasteiger partial charge in [-0.15, -0.1) is 11.8 Å². The van der Waals surface area contributed by atoms with Crippen LogP contribution < -0.4 is 0 Å². The van der Waals surface area contributed by atoms with Crippen molar-refractivity contribution in [3.8, 4) is 11.3 Å². The predicted octanol–water partition coefficient (Wildman–Crippen LogP) is 3.17. The molecule has 274 valence electrons. The maximum Gasteiger partial charge on any atom is 0.417 e. The Labute approximate surface area is 295 Å². The minimum Gasteiger partial charge on any atom is -0.392 e. The first kappa shape index (κ1) is 37.2. The van der Waals surface area contributed by atoms with E-state index < -0.39 is 39.6 Å². The number of aromatic nitrogens is 3. The van der Waals surface area contributed by atoms with E-state index in [-0.39, 0.29) is 24.5 Å². The van der Waals surface area contributed by atoms with Gasteiger partial charge in [-0.2, -0.15) is 22.6 Å². The van der Waals surface area contributed by atoms with Gasteiger partial charge < -0.3 is 20.2 Å². The van der Waals surface area contributed by atoms with Crippen LogP contribution in [-0.2, 0) is 41.3 Å². The molecule has 3 aromatic rings. The van der Waals surface area contributed by atoms with Gasteiger partial charge in [-0.05, 0) is 56.5 Å². The number of nitrogens with zero attached hydrogens (tertiary/aromatic N) is 6. The number of thioether (sulfide) groups is 1. The quantitative estimate of drug-likeness (QED) is 0.252. The van der Waals surface area contributed by atoms with Crippen molar-refractivity contribution in [3.05, 3.63) is 65.1 Å². The summed E-state index contributed by atoms with van der Waals surface area (Å²) in [6, 6.07) is 9.38. The highest BCUT2D eigenvalue weighted by molar-refractivity contribution is 7.99. The number of rotatable bonds is 11. The first-order valence-electron chi connectivity index (χ1n) is 17.0. The van der Waals surface area contributed by atoms with Gasteiger partial charge in [0.25, 0.3) is 0 Å². The summed E-state index contributed by atoms with van der Waals surface area (Å²) in [4.78, 5) is 8.52. The minimum absolute atomic E-state index is 0.0264. The molecule has 0 spiro atoms. The van der Waals surface area contributed by atoms with Gasteiger partial charge in [0, 0.05) is 85.9 Å². The molecule has 2 saturated heterocycles. The molecule has 16 heteroatoms. The smallest absolute Gasteiger partial charge is 0.392 e. The van der Waals surface area contributed by atoms with E-state index >= 15 is 0 Å². The number of fused-ring (bicyclic) bond motifs is 1. The number of alkyl halides is 3. The second kappa shape index (κ2) is 15.2. The first-order valence-corrected chi connectivity index (χ1v) is 19.9. The van der Waals surface area contributed by atoms with Crippen LogP contribution >= 0.6 is 11.8 Å². The van der Waals surface area contributed by atoms with Crippen molar-refractivity contribution in [2.24, 2.45) is 0 Å². The number of likely N-dealkylation sites (tertiary alicyclic amines) is 2. The fraction of sp³-hybridized carbons (Fsp3) is 0.588. The lowest BCUT2D eigenvalue weighted by Crippen LogP contribution is -2.46. The molecule has 50 heavy (non-hydrogen) atoms. The molecule has 2 unspecified atom stereocenters. The summed E-state index contributed by atoms with van der Waals surface area (Å²) in [5, 5.41) is 37.2. The fourth-order valence-corrected chi connectivity index (χ4v) is 9.13. The SMILES string of the molecule is CS(=O)(=O)N1CCc2c(c(-c3ccc(C(F)(F)F)c(SCCN4CCCC(O)C4)c3)nn2CC(O)CN2CCC(O)(c3ccccn3)CC2)C1. The molecule has 0 saturated carbocycles. The lowest BCUT2D eigenvalue weighted by Gasteiger charge is -2.38. The molecule has 2 aromatic heterocycles. The van der Waals surface area contributed by atoms with E-state index in [2.05, 4.69) is 14.8 Å². The van der Waals surface area contributed by atoms with E-state index in [4.69, 9.17) is 5.10 Å². The standard InChI is InChI=1S/C34H45F3N6O5S2/c1-50(47,48)42-14-9-29-27(23-42)32(24-7-8-28(34(35,36)37)30(19-24)49-18-17-40-13-4-5-25(44)20-40)39-43(29)22-26(45)21-41-15-10-33(46,11-16-41)31-6-2-3-12-38-31/h2-3,6-8,12,19,25-26,44-46H,4-5,9-11,13-18,20-23H2,1H3. The van der Waals surface area contributed by atoms with Crippen LogP contribution in [0.15, 0.2) is 47.5 Å². The molecule has 0 radical (unpaired) electrons. The van der Waals surface area contributed by atoms with Crippen molar-refractivity contribution < 1.29 is 36.9 Å². The summed E-state index contributed by atoms with van der Waals surface area (Å²) in [5.74, 6) is 0.398. The molecule has 5 heterocycles. The molecule has 0 aliphatic carbocycles. The molecular formula is C34H45F3N6O5S2. The van der Waals surface area contributed by atoms with Crippen LogP contribution in [0.2, 0.25) is 0 Å². The van der Waals surface area contributed by atoms with Gasteiger partial charge in [-0.3, -0.25) is 14.6 Å². The van der Waals surface area contributed by atoms with Gasteiger partial charge in [-0.1, -0.05) is 12.1 Å². The molecule has 3 aliphatic heterocycles. The summed E-state index contributed by atoms with van der Waals surface area (Å²) in [7, 11) is -3.55. The van der Waals surface area contributed by atoms with Gasteiger partial charge in [0.1, 0.15) is 5.60 Å². The number of hydrogen-bond acceptors (Lipinski definition) is 10. The minimum atomic E-state index is -4.57. The van der Waals surface area contributed by atoms with Crippen LogP contribution in [0.4, 0.5) is 13.2 Å². The third-order valence-electron chi connectivity index (χ3n) is 9.95. The van der Waals surface area contributed by atoms with Gasteiger partial charge in [0.2, 0.25) is 10.0 Å². The van der Waals surface area contributed by atoms with E-state index in [1.807, 2.05) is 12.1 Å². The third kappa shape index (κ3) is 8.72. The van der Waals surface area contributed by atoms with Crippen molar-refractivity contribution in [3.63, 3.8) is 0 Å². The van der Waals surface area contributed by atoms with Gasteiger partial charge in [0.15, 0.2) is 0 Å². The van der Waals surface area contributed by atoms with Gasteiger partial charge in [-0.25, -0.2) is 8.42 Å². The third-order valence-corrected chi connectivity index (χ3v) is 12.2. The lowest BCUT2D eigenvalue weighted by molar-refractivity contribution is -0.139. The van der Waals surface area contributed by atoms with Crippen LogP contribution in [0.25, 0.3) is 11.3 Å². The number of benzene rings is 1. The summed E-state index contributed by atoms with van der Waals surface area (Å²) in [5.41, 5.74) is 1.06. The topological polar surface area (TPSA) is 135 Å². The molecule has 6 rings (SSSR count). The average molecular weight is 739 g/mol. The van der Waals surface area contributed by atoms with Crippen LogP contribution in [-0.4, -0.2) is 123 Å². The van der Waals surface area contributed by atoms with Crippen molar-refractivity contribution in [1.82, 2.24) is 28.9 Å². The van der Waals surface area contributed by atoms with Crippen LogP contribution in [0.5, 0.6) is 0 Å². The first-order chi connectivity index (χ1) is 23.7. The number of aliphatic hydroxyl groups is 3. The second-order valence-electron chi connectivity index (χ2n) is 13.7. The molecule has 0 bridgehead atoms.